The molecular formula is C15H21N5O. The number of rotatable bonds is 5. The van der Waals surface area contributed by atoms with Crippen LogP contribution in [0, 0.1) is 0 Å². The van der Waals surface area contributed by atoms with Crippen molar-refractivity contribution in [3.05, 3.63) is 35.7 Å². The topological polar surface area (TPSA) is 78.9 Å². The SMILES string of the molecule is CC(N)Cc1ccc(OCc2nnc3n2CCCC3)cn1. The predicted octanol–water partition coefficient (Wildman–Crippen LogP) is 1.48. The Morgan fingerprint density at radius 3 is 3.00 bits per heavy atom. The van der Waals surface area contributed by atoms with Crippen LogP contribution in [0.1, 0.15) is 37.1 Å². The van der Waals surface area contributed by atoms with Gasteiger partial charge in [-0.1, -0.05) is 0 Å². The maximum absolute atomic E-state index is 5.76. The molecule has 21 heavy (non-hydrogen) atoms. The highest BCUT2D eigenvalue weighted by atomic mass is 16.5. The number of pyridine rings is 1. The van der Waals surface area contributed by atoms with Crippen LogP contribution in [0.2, 0.25) is 0 Å². The third-order valence-electron chi connectivity index (χ3n) is 3.63. The van der Waals surface area contributed by atoms with Crippen LogP contribution in [0.15, 0.2) is 18.3 Å². The molecule has 0 saturated carbocycles. The molecule has 0 amide bonds. The van der Waals surface area contributed by atoms with Crippen molar-refractivity contribution in [2.75, 3.05) is 0 Å². The number of aromatic nitrogens is 4. The number of ether oxygens (including phenoxy) is 1. The highest BCUT2D eigenvalue weighted by Crippen LogP contribution is 2.16. The van der Waals surface area contributed by atoms with Crippen LogP contribution in [0.3, 0.4) is 0 Å². The van der Waals surface area contributed by atoms with Gasteiger partial charge in [-0.05, 0) is 31.9 Å². The average Bonchev–Trinajstić information content (AvgIpc) is 2.89. The van der Waals surface area contributed by atoms with Crippen LogP contribution in [-0.2, 0) is 26.0 Å². The quantitative estimate of drug-likeness (QED) is 0.901. The van der Waals surface area contributed by atoms with E-state index in [2.05, 4.69) is 19.7 Å². The summed E-state index contributed by atoms with van der Waals surface area (Å²) in [6, 6.07) is 4.00. The molecule has 1 atom stereocenters. The third kappa shape index (κ3) is 3.39. The minimum atomic E-state index is 0.117. The van der Waals surface area contributed by atoms with Gasteiger partial charge in [-0.15, -0.1) is 10.2 Å². The molecule has 0 aliphatic carbocycles. The molecular weight excluding hydrogens is 266 g/mol. The van der Waals surface area contributed by atoms with Crippen molar-refractivity contribution < 1.29 is 4.74 Å². The van der Waals surface area contributed by atoms with Gasteiger partial charge in [0.15, 0.2) is 5.82 Å². The molecule has 6 heteroatoms. The van der Waals surface area contributed by atoms with Gasteiger partial charge >= 0.3 is 0 Å². The van der Waals surface area contributed by atoms with Crippen molar-refractivity contribution in [2.45, 2.75) is 51.8 Å². The van der Waals surface area contributed by atoms with Gasteiger partial charge in [0.05, 0.1) is 6.20 Å². The Hall–Kier alpha value is -1.95. The normalized spacial score (nSPS) is 15.5. The van der Waals surface area contributed by atoms with E-state index in [0.29, 0.717) is 6.61 Å². The molecule has 6 nitrogen and oxygen atoms in total. The van der Waals surface area contributed by atoms with Gasteiger partial charge in [-0.2, -0.15) is 0 Å². The summed E-state index contributed by atoms with van der Waals surface area (Å²) >= 11 is 0. The molecule has 1 aliphatic rings. The summed E-state index contributed by atoms with van der Waals surface area (Å²) in [6.45, 7) is 3.40. The second kappa shape index (κ2) is 6.22. The summed E-state index contributed by atoms with van der Waals surface area (Å²) in [4.78, 5) is 4.36. The number of hydrogen-bond donors (Lipinski definition) is 1. The van der Waals surface area contributed by atoms with Crippen molar-refractivity contribution in [1.29, 1.82) is 0 Å². The van der Waals surface area contributed by atoms with E-state index in [1.54, 1.807) is 6.20 Å². The standard InChI is InChI=1S/C15H21N5O/c1-11(16)8-12-5-6-13(9-17-12)21-10-15-19-18-14-4-2-3-7-20(14)15/h5-6,9,11H,2-4,7-8,10,16H2,1H3. The van der Waals surface area contributed by atoms with E-state index < -0.39 is 0 Å². The van der Waals surface area contributed by atoms with Gasteiger partial charge in [-0.3, -0.25) is 4.98 Å². The Balaban J connectivity index is 1.61. The van der Waals surface area contributed by atoms with E-state index in [9.17, 15) is 0 Å². The van der Waals surface area contributed by atoms with E-state index >= 15 is 0 Å². The first-order valence-corrected chi connectivity index (χ1v) is 7.46. The minimum Gasteiger partial charge on any atom is -0.484 e. The zero-order valence-electron chi connectivity index (χ0n) is 12.3. The average molecular weight is 287 g/mol. The maximum Gasteiger partial charge on any atom is 0.171 e. The zero-order chi connectivity index (χ0) is 14.7. The highest BCUT2D eigenvalue weighted by Gasteiger charge is 2.15. The minimum absolute atomic E-state index is 0.117. The van der Waals surface area contributed by atoms with Gasteiger partial charge in [0.25, 0.3) is 0 Å². The van der Waals surface area contributed by atoms with Crippen LogP contribution >= 0.6 is 0 Å². The Morgan fingerprint density at radius 1 is 1.33 bits per heavy atom. The fraction of sp³-hybridized carbons (Fsp3) is 0.533. The molecule has 0 spiro atoms. The molecule has 3 rings (SSSR count). The lowest BCUT2D eigenvalue weighted by Crippen LogP contribution is -2.18. The molecule has 2 aromatic heterocycles. The van der Waals surface area contributed by atoms with E-state index in [4.69, 9.17) is 10.5 Å². The Labute approximate surface area is 124 Å². The predicted molar refractivity (Wildman–Crippen MR) is 78.9 cm³/mol. The van der Waals surface area contributed by atoms with Crippen LogP contribution < -0.4 is 10.5 Å². The molecule has 1 aliphatic heterocycles. The summed E-state index contributed by atoms with van der Waals surface area (Å²) in [5.41, 5.74) is 6.74. The van der Waals surface area contributed by atoms with Gasteiger partial charge in [0.2, 0.25) is 0 Å². The van der Waals surface area contributed by atoms with Gasteiger partial charge < -0.3 is 15.0 Å². The lowest BCUT2D eigenvalue weighted by molar-refractivity contribution is 0.285. The van der Waals surface area contributed by atoms with Crippen molar-refractivity contribution in [2.24, 2.45) is 5.73 Å². The summed E-state index contributed by atoms with van der Waals surface area (Å²) in [5, 5.41) is 8.44. The second-order valence-electron chi connectivity index (χ2n) is 5.60. The van der Waals surface area contributed by atoms with E-state index in [-0.39, 0.29) is 6.04 Å². The number of nitrogens with zero attached hydrogens (tertiary/aromatic N) is 4. The molecule has 2 N–H and O–H groups in total. The summed E-state index contributed by atoms with van der Waals surface area (Å²) in [6.07, 6.45) is 5.92. The molecule has 1 unspecified atom stereocenters. The van der Waals surface area contributed by atoms with Gasteiger partial charge in [0.1, 0.15) is 18.2 Å². The molecule has 0 fully saturated rings. The zero-order valence-corrected chi connectivity index (χ0v) is 12.3. The molecule has 3 heterocycles. The van der Waals surface area contributed by atoms with Crippen LogP contribution in [0.5, 0.6) is 5.75 Å². The van der Waals surface area contributed by atoms with Crippen LogP contribution in [0.25, 0.3) is 0 Å². The second-order valence-corrected chi connectivity index (χ2v) is 5.60. The monoisotopic (exact) mass is 287 g/mol. The largest absolute Gasteiger partial charge is 0.484 e. The molecule has 112 valence electrons. The lowest BCUT2D eigenvalue weighted by Gasteiger charge is -2.14. The number of aryl methyl sites for hydroxylation is 1. The smallest absolute Gasteiger partial charge is 0.171 e. The highest BCUT2D eigenvalue weighted by molar-refractivity contribution is 5.20. The van der Waals surface area contributed by atoms with Crippen molar-refractivity contribution in [1.82, 2.24) is 19.7 Å². The molecule has 0 aromatic carbocycles. The van der Waals surface area contributed by atoms with Crippen molar-refractivity contribution >= 4 is 0 Å². The van der Waals surface area contributed by atoms with Crippen LogP contribution in [0.4, 0.5) is 0 Å². The fourth-order valence-corrected chi connectivity index (χ4v) is 2.57. The van der Waals surface area contributed by atoms with E-state index in [0.717, 1.165) is 42.5 Å². The van der Waals surface area contributed by atoms with Crippen molar-refractivity contribution in [3.8, 4) is 5.75 Å². The molecule has 0 radical (unpaired) electrons. The first-order valence-electron chi connectivity index (χ1n) is 7.46. The fourth-order valence-electron chi connectivity index (χ4n) is 2.57. The van der Waals surface area contributed by atoms with Gasteiger partial charge in [-0.25, -0.2) is 0 Å². The van der Waals surface area contributed by atoms with E-state index in [1.165, 1.54) is 12.8 Å². The number of fused-ring (bicyclic) bond motifs is 1. The maximum atomic E-state index is 5.76. The Kier molecular flexibility index (Phi) is 4.15. The molecule has 0 saturated heterocycles. The first-order chi connectivity index (χ1) is 10.2. The van der Waals surface area contributed by atoms with E-state index in [1.807, 2.05) is 19.1 Å². The summed E-state index contributed by atoms with van der Waals surface area (Å²) in [5.74, 6) is 2.71. The third-order valence-corrected chi connectivity index (χ3v) is 3.63. The number of hydrogen-bond acceptors (Lipinski definition) is 5. The van der Waals surface area contributed by atoms with Gasteiger partial charge in [0, 0.05) is 31.1 Å². The first kappa shape index (κ1) is 14.0. The van der Waals surface area contributed by atoms with Crippen LogP contribution in [-0.4, -0.2) is 25.8 Å². The lowest BCUT2D eigenvalue weighted by atomic mass is 10.2. The van der Waals surface area contributed by atoms with Crippen molar-refractivity contribution in [3.63, 3.8) is 0 Å². The summed E-state index contributed by atoms with van der Waals surface area (Å²) < 4.78 is 7.93. The Bertz CT molecular complexity index is 591. The summed E-state index contributed by atoms with van der Waals surface area (Å²) in [7, 11) is 0. The molecule has 0 bridgehead atoms. The number of nitrogens with two attached hydrogens (primary N) is 1. The Morgan fingerprint density at radius 2 is 2.24 bits per heavy atom. The molecule has 2 aromatic rings.